The lowest BCUT2D eigenvalue weighted by atomic mass is 9.94. The van der Waals surface area contributed by atoms with Crippen molar-refractivity contribution in [2.45, 2.75) is 57.0 Å². The van der Waals surface area contributed by atoms with Crippen molar-refractivity contribution in [3.8, 4) is 0 Å². The monoisotopic (exact) mass is 443 g/mol. The van der Waals surface area contributed by atoms with Crippen molar-refractivity contribution in [1.29, 1.82) is 0 Å². The van der Waals surface area contributed by atoms with Gasteiger partial charge in [0.05, 0.1) is 12.7 Å². The fourth-order valence-electron chi connectivity index (χ4n) is 5.35. The SMILES string of the molecule is O=c1cc(NC[C@H]2OCC3CC32)nc2n1CC[C@@H](C(F)(F)F)N2CCC1CCNCC1.[HH]. The van der Waals surface area contributed by atoms with Crippen LogP contribution in [0, 0.1) is 17.8 Å². The van der Waals surface area contributed by atoms with Crippen LogP contribution in [0.3, 0.4) is 0 Å². The first-order valence-corrected chi connectivity index (χ1v) is 11.4. The highest BCUT2D eigenvalue weighted by Crippen LogP contribution is 2.48. The van der Waals surface area contributed by atoms with Gasteiger partial charge in [-0.25, -0.2) is 0 Å². The molecular weight excluding hydrogens is 411 g/mol. The van der Waals surface area contributed by atoms with Crippen LogP contribution in [0.4, 0.5) is 24.9 Å². The largest absolute Gasteiger partial charge is 0.408 e. The first kappa shape index (κ1) is 21.1. The molecule has 4 aliphatic rings. The summed E-state index contributed by atoms with van der Waals surface area (Å²) in [6.07, 6.45) is -0.629. The molecule has 3 fully saturated rings. The molecule has 1 aromatic rings. The standard InChI is InChI=1S/C21H30F3N5O2.H2/c22-21(23,24)17-4-8-29-19(30)10-18(26-11-16-15-9-14(15)12-31-16)27-20(29)28(17)7-3-13-1-5-25-6-2-13;/h10,13-17,25-26H,1-9,11-12H2;1H/t14?,15?,16-,17+;/m1./s1. The molecule has 7 nitrogen and oxygen atoms in total. The third-order valence-electron chi connectivity index (χ3n) is 7.33. The van der Waals surface area contributed by atoms with E-state index in [1.165, 1.54) is 22.0 Å². The number of nitrogens with one attached hydrogen (secondary N) is 2. The minimum atomic E-state index is -4.36. The van der Waals surface area contributed by atoms with Gasteiger partial charge in [-0.05, 0) is 62.9 Å². The first-order valence-electron chi connectivity index (χ1n) is 11.4. The number of hydrogen-bond acceptors (Lipinski definition) is 6. The van der Waals surface area contributed by atoms with E-state index in [2.05, 4.69) is 15.6 Å². The molecule has 0 amide bonds. The van der Waals surface area contributed by atoms with Crippen molar-refractivity contribution in [2.75, 3.05) is 43.0 Å². The highest BCUT2D eigenvalue weighted by atomic mass is 19.4. The van der Waals surface area contributed by atoms with Gasteiger partial charge < -0.3 is 20.3 Å². The number of rotatable bonds is 6. The minimum Gasteiger partial charge on any atom is -0.376 e. The summed E-state index contributed by atoms with van der Waals surface area (Å²) in [5.41, 5.74) is -0.309. The molecule has 1 saturated carbocycles. The van der Waals surface area contributed by atoms with Gasteiger partial charge in [0.15, 0.2) is 0 Å². The van der Waals surface area contributed by atoms with Crippen molar-refractivity contribution in [3.63, 3.8) is 0 Å². The zero-order valence-corrected chi connectivity index (χ0v) is 17.5. The summed E-state index contributed by atoms with van der Waals surface area (Å²) in [6, 6.07) is -0.219. The summed E-state index contributed by atoms with van der Waals surface area (Å²) < 4.78 is 48.7. The molecule has 1 aromatic heterocycles. The molecular formula is C21H32F3N5O2. The van der Waals surface area contributed by atoms with E-state index in [0.29, 0.717) is 36.5 Å². The Morgan fingerprint density at radius 2 is 2.10 bits per heavy atom. The van der Waals surface area contributed by atoms with E-state index in [0.717, 1.165) is 32.5 Å². The molecule has 174 valence electrons. The van der Waals surface area contributed by atoms with Crippen LogP contribution in [0.1, 0.15) is 33.5 Å². The molecule has 2 unspecified atom stereocenters. The van der Waals surface area contributed by atoms with E-state index in [-0.39, 0.29) is 38.5 Å². The van der Waals surface area contributed by atoms with E-state index >= 15 is 0 Å². The predicted octanol–water partition coefficient (Wildman–Crippen LogP) is 2.47. The fraction of sp³-hybridized carbons (Fsp3) is 0.810. The maximum atomic E-state index is 13.9. The molecule has 5 rings (SSSR count). The topological polar surface area (TPSA) is 71.4 Å². The Balaban J connectivity index is 0.00000245. The van der Waals surface area contributed by atoms with Crippen LogP contribution in [0.5, 0.6) is 0 Å². The number of alkyl halides is 3. The lowest BCUT2D eigenvalue weighted by Gasteiger charge is -2.40. The third kappa shape index (κ3) is 4.41. The van der Waals surface area contributed by atoms with Gasteiger partial charge in [-0.2, -0.15) is 18.2 Å². The zero-order valence-electron chi connectivity index (χ0n) is 17.5. The van der Waals surface area contributed by atoms with Gasteiger partial charge >= 0.3 is 6.18 Å². The van der Waals surface area contributed by atoms with Crippen LogP contribution < -0.4 is 21.1 Å². The Kier molecular flexibility index (Phi) is 5.62. The van der Waals surface area contributed by atoms with E-state index < -0.39 is 12.2 Å². The van der Waals surface area contributed by atoms with Crippen molar-refractivity contribution < 1.29 is 19.3 Å². The number of anilines is 2. The second-order valence-electron chi connectivity index (χ2n) is 9.37. The van der Waals surface area contributed by atoms with E-state index in [1.54, 1.807) is 0 Å². The van der Waals surface area contributed by atoms with Gasteiger partial charge in [0.2, 0.25) is 5.95 Å². The van der Waals surface area contributed by atoms with Crippen LogP contribution in [0.15, 0.2) is 10.9 Å². The van der Waals surface area contributed by atoms with Gasteiger partial charge in [-0.3, -0.25) is 9.36 Å². The van der Waals surface area contributed by atoms with Crippen LogP contribution in [0.2, 0.25) is 0 Å². The Hall–Kier alpha value is -1.81. The van der Waals surface area contributed by atoms with Crippen molar-refractivity contribution in [1.82, 2.24) is 14.9 Å². The molecule has 10 heteroatoms. The summed E-state index contributed by atoms with van der Waals surface area (Å²) in [4.78, 5) is 18.5. The van der Waals surface area contributed by atoms with Crippen molar-refractivity contribution >= 4 is 11.8 Å². The Morgan fingerprint density at radius 3 is 2.77 bits per heavy atom. The third-order valence-corrected chi connectivity index (χ3v) is 7.33. The molecule has 0 spiro atoms. The molecule has 31 heavy (non-hydrogen) atoms. The number of ether oxygens (including phenoxy) is 1. The van der Waals surface area contributed by atoms with Crippen molar-refractivity contribution in [3.05, 3.63) is 16.4 Å². The van der Waals surface area contributed by atoms with Gasteiger partial charge in [0, 0.05) is 27.1 Å². The normalized spacial score (nSPS) is 30.7. The molecule has 2 N–H and O–H groups in total. The predicted molar refractivity (Wildman–Crippen MR) is 112 cm³/mol. The van der Waals surface area contributed by atoms with Crippen LogP contribution in [-0.2, 0) is 11.3 Å². The molecule has 0 radical (unpaired) electrons. The van der Waals surface area contributed by atoms with Gasteiger partial charge in [-0.1, -0.05) is 0 Å². The maximum Gasteiger partial charge on any atom is 0.408 e. The fourth-order valence-corrected chi connectivity index (χ4v) is 5.35. The van der Waals surface area contributed by atoms with Crippen LogP contribution in [0.25, 0.3) is 0 Å². The molecule has 0 aromatic carbocycles. The second-order valence-corrected chi connectivity index (χ2v) is 9.37. The average molecular weight is 444 g/mol. The molecule has 1 aliphatic carbocycles. The summed E-state index contributed by atoms with van der Waals surface area (Å²) >= 11 is 0. The zero-order chi connectivity index (χ0) is 21.6. The highest BCUT2D eigenvalue weighted by Gasteiger charge is 2.49. The lowest BCUT2D eigenvalue weighted by Crippen LogP contribution is -2.53. The van der Waals surface area contributed by atoms with Crippen LogP contribution >= 0.6 is 0 Å². The number of nitrogens with zero attached hydrogens (tertiary/aromatic N) is 3. The second kappa shape index (κ2) is 8.27. The molecule has 2 saturated heterocycles. The quantitative estimate of drug-likeness (QED) is 0.704. The lowest BCUT2D eigenvalue weighted by molar-refractivity contribution is -0.152. The number of piperidine rings is 1. The maximum absolute atomic E-state index is 13.9. The summed E-state index contributed by atoms with van der Waals surface area (Å²) in [5, 5.41) is 6.44. The first-order chi connectivity index (χ1) is 14.9. The number of halogens is 3. The molecule has 0 bridgehead atoms. The summed E-state index contributed by atoms with van der Waals surface area (Å²) in [6.45, 7) is 3.39. The summed E-state index contributed by atoms with van der Waals surface area (Å²) in [7, 11) is 0. The van der Waals surface area contributed by atoms with Crippen molar-refractivity contribution in [2.24, 2.45) is 17.8 Å². The number of fused-ring (bicyclic) bond motifs is 2. The van der Waals surface area contributed by atoms with Gasteiger partial charge in [0.25, 0.3) is 5.56 Å². The van der Waals surface area contributed by atoms with E-state index in [4.69, 9.17) is 4.74 Å². The molecule has 4 atom stereocenters. The molecule has 3 aliphatic heterocycles. The average Bonchev–Trinajstić information content (AvgIpc) is 3.42. The van der Waals surface area contributed by atoms with E-state index in [1.807, 2.05) is 0 Å². The minimum absolute atomic E-state index is 0. The summed E-state index contributed by atoms with van der Waals surface area (Å²) in [5.74, 6) is 2.06. The molecule has 4 heterocycles. The van der Waals surface area contributed by atoms with Crippen LogP contribution in [-0.4, -0.2) is 60.7 Å². The number of hydrogen-bond donors (Lipinski definition) is 2. The number of aromatic nitrogens is 2. The highest BCUT2D eigenvalue weighted by molar-refractivity contribution is 5.45. The Bertz CT molecular complexity index is 861. The van der Waals surface area contributed by atoms with Gasteiger partial charge in [0.1, 0.15) is 11.9 Å². The Morgan fingerprint density at radius 1 is 1.29 bits per heavy atom. The Labute approximate surface area is 180 Å². The van der Waals surface area contributed by atoms with E-state index in [9.17, 15) is 18.0 Å². The smallest absolute Gasteiger partial charge is 0.376 e. The van der Waals surface area contributed by atoms with Gasteiger partial charge in [-0.15, -0.1) is 0 Å².